The third-order valence-corrected chi connectivity index (χ3v) is 5.38. The van der Waals surface area contributed by atoms with Crippen molar-refractivity contribution in [2.24, 2.45) is 5.92 Å². The molecular weight excluding hydrogens is 376 g/mol. The molecule has 0 saturated heterocycles. The van der Waals surface area contributed by atoms with Crippen LogP contribution in [0.25, 0.3) is 0 Å². The Morgan fingerprint density at radius 2 is 1.77 bits per heavy atom. The van der Waals surface area contributed by atoms with E-state index in [1.54, 1.807) is 0 Å². The SMILES string of the molecule is CC(C)C(=O)Nc1ccc(CNC(=O)CCc2cccc(OC3CCCC3)c2)cc1. The van der Waals surface area contributed by atoms with Crippen LogP contribution in [0.1, 0.15) is 57.1 Å². The molecule has 1 aliphatic carbocycles. The Bertz CT molecular complexity index is 840. The molecule has 30 heavy (non-hydrogen) atoms. The maximum atomic E-state index is 12.2. The number of hydrogen-bond acceptors (Lipinski definition) is 3. The molecule has 2 aromatic carbocycles. The molecule has 0 aliphatic heterocycles. The number of carbonyl (C=O) groups excluding carboxylic acids is 2. The molecule has 2 amide bonds. The van der Waals surface area contributed by atoms with Gasteiger partial charge in [0.25, 0.3) is 0 Å². The van der Waals surface area contributed by atoms with Crippen molar-refractivity contribution in [1.29, 1.82) is 0 Å². The van der Waals surface area contributed by atoms with E-state index in [0.717, 1.165) is 35.4 Å². The van der Waals surface area contributed by atoms with Gasteiger partial charge in [-0.3, -0.25) is 9.59 Å². The number of hydrogen-bond donors (Lipinski definition) is 2. The molecule has 0 atom stereocenters. The topological polar surface area (TPSA) is 67.4 Å². The number of anilines is 1. The molecule has 0 heterocycles. The first kappa shape index (κ1) is 21.9. The van der Waals surface area contributed by atoms with Gasteiger partial charge in [-0.15, -0.1) is 0 Å². The number of ether oxygens (including phenoxy) is 1. The maximum Gasteiger partial charge on any atom is 0.226 e. The fraction of sp³-hybridized carbons (Fsp3) is 0.440. The second-order valence-corrected chi connectivity index (χ2v) is 8.29. The minimum atomic E-state index is -0.0565. The van der Waals surface area contributed by atoms with Crippen LogP contribution in [-0.2, 0) is 22.6 Å². The Balaban J connectivity index is 1.41. The van der Waals surface area contributed by atoms with E-state index in [4.69, 9.17) is 4.74 Å². The summed E-state index contributed by atoms with van der Waals surface area (Å²) in [6, 6.07) is 15.6. The van der Waals surface area contributed by atoms with E-state index in [1.165, 1.54) is 12.8 Å². The van der Waals surface area contributed by atoms with E-state index in [9.17, 15) is 9.59 Å². The van der Waals surface area contributed by atoms with Gasteiger partial charge < -0.3 is 15.4 Å². The van der Waals surface area contributed by atoms with Gasteiger partial charge in [0.2, 0.25) is 11.8 Å². The van der Waals surface area contributed by atoms with Crippen molar-refractivity contribution in [3.8, 4) is 5.75 Å². The summed E-state index contributed by atoms with van der Waals surface area (Å²) in [7, 11) is 0. The fourth-order valence-corrected chi connectivity index (χ4v) is 3.51. The third-order valence-electron chi connectivity index (χ3n) is 5.38. The zero-order valence-corrected chi connectivity index (χ0v) is 17.9. The lowest BCUT2D eigenvalue weighted by Gasteiger charge is -2.14. The molecule has 0 unspecified atom stereocenters. The van der Waals surface area contributed by atoms with Crippen molar-refractivity contribution in [3.05, 3.63) is 59.7 Å². The third kappa shape index (κ3) is 6.90. The summed E-state index contributed by atoms with van der Waals surface area (Å²) in [5.41, 5.74) is 2.88. The van der Waals surface area contributed by atoms with Crippen molar-refractivity contribution in [2.75, 3.05) is 5.32 Å². The Hall–Kier alpha value is -2.82. The average molecular weight is 409 g/mol. The van der Waals surface area contributed by atoms with E-state index in [-0.39, 0.29) is 17.7 Å². The minimum Gasteiger partial charge on any atom is -0.490 e. The van der Waals surface area contributed by atoms with Gasteiger partial charge in [0.05, 0.1) is 6.10 Å². The van der Waals surface area contributed by atoms with Crippen LogP contribution in [0, 0.1) is 5.92 Å². The van der Waals surface area contributed by atoms with Crippen molar-refractivity contribution < 1.29 is 14.3 Å². The van der Waals surface area contributed by atoms with Gasteiger partial charge in [0.15, 0.2) is 0 Å². The second-order valence-electron chi connectivity index (χ2n) is 8.29. The van der Waals surface area contributed by atoms with Gasteiger partial charge in [0.1, 0.15) is 5.75 Å². The lowest BCUT2D eigenvalue weighted by Crippen LogP contribution is -2.23. The molecule has 2 N–H and O–H groups in total. The van der Waals surface area contributed by atoms with E-state index >= 15 is 0 Å². The predicted octanol–water partition coefficient (Wildman–Crippen LogP) is 4.85. The van der Waals surface area contributed by atoms with E-state index in [1.807, 2.05) is 56.3 Å². The van der Waals surface area contributed by atoms with Crippen LogP contribution >= 0.6 is 0 Å². The molecule has 1 fully saturated rings. The summed E-state index contributed by atoms with van der Waals surface area (Å²) in [6.45, 7) is 4.19. The van der Waals surface area contributed by atoms with Crippen LogP contribution in [0.3, 0.4) is 0 Å². The molecule has 0 radical (unpaired) electrons. The molecule has 0 spiro atoms. The Kier molecular flexibility index (Phi) is 7.89. The van der Waals surface area contributed by atoms with Crippen molar-refractivity contribution in [3.63, 3.8) is 0 Å². The molecule has 160 valence electrons. The van der Waals surface area contributed by atoms with Crippen molar-refractivity contribution in [2.45, 2.75) is 65.0 Å². The lowest BCUT2D eigenvalue weighted by atomic mass is 10.1. The summed E-state index contributed by atoms with van der Waals surface area (Å²) < 4.78 is 6.05. The molecule has 0 aromatic heterocycles. The Labute approximate surface area is 179 Å². The summed E-state index contributed by atoms with van der Waals surface area (Å²) in [6.07, 6.45) is 6.24. The Morgan fingerprint density at radius 3 is 2.47 bits per heavy atom. The van der Waals surface area contributed by atoms with Gasteiger partial charge in [-0.2, -0.15) is 0 Å². The normalized spacial score (nSPS) is 14.0. The predicted molar refractivity (Wildman–Crippen MR) is 119 cm³/mol. The van der Waals surface area contributed by atoms with Gasteiger partial charge in [-0.1, -0.05) is 38.1 Å². The number of aryl methyl sites for hydroxylation is 1. The number of benzene rings is 2. The Morgan fingerprint density at radius 1 is 1.03 bits per heavy atom. The summed E-state index contributed by atoms with van der Waals surface area (Å²) in [5, 5.41) is 5.83. The van der Waals surface area contributed by atoms with Crippen LogP contribution in [0.15, 0.2) is 48.5 Å². The highest BCUT2D eigenvalue weighted by molar-refractivity contribution is 5.92. The van der Waals surface area contributed by atoms with Gasteiger partial charge in [0, 0.05) is 24.6 Å². The molecule has 0 bridgehead atoms. The maximum absolute atomic E-state index is 12.2. The fourth-order valence-electron chi connectivity index (χ4n) is 3.51. The van der Waals surface area contributed by atoms with Crippen LogP contribution in [-0.4, -0.2) is 17.9 Å². The number of rotatable bonds is 9. The monoisotopic (exact) mass is 408 g/mol. The number of carbonyl (C=O) groups is 2. The van der Waals surface area contributed by atoms with Gasteiger partial charge in [-0.05, 0) is 67.5 Å². The first-order valence-corrected chi connectivity index (χ1v) is 10.9. The zero-order chi connectivity index (χ0) is 21.3. The molecule has 5 heteroatoms. The summed E-state index contributed by atoms with van der Waals surface area (Å²) >= 11 is 0. The molecule has 1 saturated carbocycles. The van der Waals surface area contributed by atoms with E-state index < -0.39 is 0 Å². The second kappa shape index (κ2) is 10.8. The van der Waals surface area contributed by atoms with E-state index in [2.05, 4.69) is 16.7 Å². The standard InChI is InChI=1S/C25H32N2O3/c1-18(2)25(29)27-21-13-10-20(11-14-21)17-26-24(28)15-12-19-6-5-9-23(16-19)30-22-7-3-4-8-22/h5-6,9-11,13-14,16,18,22H,3-4,7-8,12,15,17H2,1-2H3,(H,26,28)(H,27,29). The smallest absolute Gasteiger partial charge is 0.226 e. The highest BCUT2D eigenvalue weighted by Gasteiger charge is 2.16. The zero-order valence-electron chi connectivity index (χ0n) is 17.9. The molecule has 3 rings (SSSR count). The highest BCUT2D eigenvalue weighted by Crippen LogP contribution is 2.24. The highest BCUT2D eigenvalue weighted by atomic mass is 16.5. The molecule has 1 aliphatic rings. The molecule has 5 nitrogen and oxygen atoms in total. The van der Waals surface area contributed by atoms with E-state index in [0.29, 0.717) is 25.5 Å². The lowest BCUT2D eigenvalue weighted by molar-refractivity contribution is -0.121. The van der Waals surface area contributed by atoms with Crippen LogP contribution in [0.2, 0.25) is 0 Å². The van der Waals surface area contributed by atoms with Gasteiger partial charge >= 0.3 is 0 Å². The molecule has 2 aromatic rings. The van der Waals surface area contributed by atoms with Crippen molar-refractivity contribution in [1.82, 2.24) is 5.32 Å². The average Bonchev–Trinajstić information content (AvgIpc) is 3.25. The minimum absolute atomic E-state index is 0.00577. The van der Waals surface area contributed by atoms with Crippen molar-refractivity contribution >= 4 is 17.5 Å². The van der Waals surface area contributed by atoms with Crippen LogP contribution in [0.5, 0.6) is 5.75 Å². The summed E-state index contributed by atoms with van der Waals surface area (Å²) in [4.78, 5) is 24.0. The van der Waals surface area contributed by atoms with Gasteiger partial charge in [-0.25, -0.2) is 0 Å². The first-order valence-electron chi connectivity index (χ1n) is 10.9. The summed E-state index contributed by atoms with van der Waals surface area (Å²) in [5.74, 6) is 0.867. The molecular formula is C25H32N2O3. The first-order chi connectivity index (χ1) is 14.5. The van der Waals surface area contributed by atoms with Crippen LogP contribution < -0.4 is 15.4 Å². The number of amides is 2. The quantitative estimate of drug-likeness (QED) is 0.623. The van der Waals surface area contributed by atoms with Crippen LogP contribution in [0.4, 0.5) is 5.69 Å². The largest absolute Gasteiger partial charge is 0.490 e. The number of nitrogens with one attached hydrogen (secondary N) is 2.